The summed E-state index contributed by atoms with van der Waals surface area (Å²) in [4.78, 5) is 5.73. The predicted molar refractivity (Wildman–Crippen MR) is 59.0 cm³/mol. The molecule has 7 heteroatoms. The third kappa shape index (κ3) is 1.56. The molecule has 0 atom stereocenters. The van der Waals surface area contributed by atoms with Crippen LogP contribution < -0.4 is 0 Å². The Morgan fingerprint density at radius 1 is 1.50 bits per heavy atom. The van der Waals surface area contributed by atoms with Crippen molar-refractivity contribution in [3.05, 3.63) is 23.5 Å². The van der Waals surface area contributed by atoms with Gasteiger partial charge in [-0.15, -0.1) is 0 Å². The normalized spacial score (nSPS) is 12.7. The maximum Gasteiger partial charge on any atom is 0.381 e. The van der Waals surface area contributed by atoms with E-state index in [4.69, 9.17) is 0 Å². The number of fused-ring (bicyclic) bond motifs is 1. The summed E-state index contributed by atoms with van der Waals surface area (Å²) in [5.74, 6) is 0.385. The Morgan fingerprint density at radius 2 is 2.25 bits per heavy atom. The molecular formula is C9H12N6O. The fourth-order valence-corrected chi connectivity index (χ4v) is 1.52. The van der Waals surface area contributed by atoms with Crippen LogP contribution in [0.1, 0.15) is 0 Å². The van der Waals surface area contributed by atoms with Crippen molar-refractivity contribution in [1.82, 2.24) is 24.9 Å². The summed E-state index contributed by atoms with van der Waals surface area (Å²) in [6.45, 7) is 0. The lowest BCUT2D eigenvalue weighted by atomic mass is 10.4. The van der Waals surface area contributed by atoms with Crippen LogP contribution in [0.3, 0.4) is 0 Å². The van der Waals surface area contributed by atoms with E-state index < -0.39 is 0 Å². The third-order valence-corrected chi connectivity index (χ3v) is 2.09. The molecule has 0 aliphatic rings. The second-order valence-corrected chi connectivity index (χ2v) is 3.54. The van der Waals surface area contributed by atoms with Crippen LogP contribution in [0.5, 0.6) is 0 Å². The molecule has 0 saturated carbocycles. The molecule has 2 aromatic heterocycles. The van der Waals surface area contributed by atoms with Gasteiger partial charge in [-0.3, -0.25) is 9.64 Å². The van der Waals surface area contributed by atoms with E-state index in [1.807, 2.05) is 6.07 Å². The highest BCUT2D eigenvalue weighted by molar-refractivity contribution is 5.86. The second-order valence-electron chi connectivity index (χ2n) is 3.54. The molecule has 0 radical (unpaired) electrons. The minimum atomic E-state index is 0.385. The van der Waals surface area contributed by atoms with Gasteiger partial charge < -0.3 is 5.21 Å². The minimum Gasteiger partial charge on any atom is -0.745 e. The van der Waals surface area contributed by atoms with Crippen molar-refractivity contribution >= 4 is 17.1 Å². The first-order valence-electron chi connectivity index (χ1n) is 4.73. The molecule has 0 N–H and O–H groups in total. The van der Waals surface area contributed by atoms with Gasteiger partial charge in [-0.25, -0.2) is 4.98 Å². The molecule has 0 saturated heterocycles. The maximum absolute atomic E-state index is 11.5. The number of aromatic nitrogens is 4. The standard InChI is InChI=1S/C9H12N6O/c1-13(2)9(14(3)16)15-7-5-4-6-10-8(7)11-12-15/h4-6H,1-3H3/b14-9+. The quantitative estimate of drug-likeness (QED) is 0.201. The number of rotatable bonds is 0. The van der Waals surface area contributed by atoms with Crippen LogP contribution in [-0.2, 0) is 0 Å². The molecule has 2 heterocycles. The molecule has 84 valence electrons. The fraction of sp³-hybridized carbons (Fsp3) is 0.333. The highest BCUT2D eigenvalue weighted by Gasteiger charge is 2.20. The Kier molecular flexibility index (Phi) is 2.43. The van der Waals surface area contributed by atoms with Crippen LogP contribution in [0.4, 0.5) is 0 Å². The van der Waals surface area contributed by atoms with E-state index in [1.165, 1.54) is 11.7 Å². The van der Waals surface area contributed by atoms with Crippen LogP contribution in [0.25, 0.3) is 11.2 Å². The second kappa shape index (κ2) is 3.76. The van der Waals surface area contributed by atoms with E-state index in [0.717, 1.165) is 4.74 Å². The minimum absolute atomic E-state index is 0.385. The van der Waals surface area contributed by atoms with Crippen molar-refractivity contribution < 1.29 is 4.74 Å². The first-order chi connectivity index (χ1) is 7.61. The van der Waals surface area contributed by atoms with Crippen molar-refractivity contribution in [2.45, 2.75) is 0 Å². The predicted octanol–water partition coefficient (Wildman–Crippen LogP) is -0.268. The van der Waals surface area contributed by atoms with Gasteiger partial charge >= 0.3 is 5.96 Å². The Hall–Kier alpha value is -2.18. The molecule has 2 aromatic rings. The van der Waals surface area contributed by atoms with Crippen molar-refractivity contribution in [3.63, 3.8) is 0 Å². The van der Waals surface area contributed by atoms with Crippen LogP contribution >= 0.6 is 0 Å². The Morgan fingerprint density at radius 3 is 2.88 bits per heavy atom. The summed E-state index contributed by atoms with van der Waals surface area (Å²) < 4.78 is 2.20. The molecule has 0 bridgehead atoms. The molecule has 0 unspecified atom stereocenters. The maximum atomic E-state index is 11.5. The highest BCUT2D eigenvalue weighted by Crippen LogP contribution is 2.07. The summed E-state index contributed by atoms with van der Waals surface area (Å²) in [5, 5.41) is 19.3. The molecule has 0 fully saturated rings. The third-order valence-electron chi connectivity index (χ3n) is 2.09. The molecule has 0 aliphatic heterocycles. The molecule has 2 rings (SSSR count). The van der Waals surface area contributed by atoms with Crippen LogP contribution in [0, 0.1) is 5.21 Å². The van der Waals surface area contributed by atoms with Gasteiger partial charge in [0.2, 0.25) is 5.65 Å². The van der Waals surface area contributed by atoms with Gasteiger partial charge in [0.05, 0.1) is 21.1 Å². The zero-order valence-electron chi connectivity index (χ0n) is 9.32. The van der Waals surface area contributed by atoms with Gasteiger partial charge in [0.15, 0.2) is 5.52 Å². The summed E-state index contributed by atoms with van der Waals surface area (Å²) in [5.41, 5.74) is 1.22. The fourth-order valence-electron chi connectivity index (χ4n) is 1.52. The Bertz CT molecular complexity index is 540. The SMILES string of the molecule is CN(C)/C(n1nnc2ncccc21)=[N+](/C)[O-]. The number of hydrogen-bond donors (Lipinski definition) is 0. The smallest absolute Gasteiger partial charge is 0.381 e. The first-order valence-corrected chi connectivity index (χ1v) is 4.73. The van der Waals surface area contributed by atoms with Gasteiger partial charge in [0.25, 0.3) is 0 Å². The number of pyridine rings is 1. The molecular weight excluding hydrogens is 208 g/mol. The monoisotopic (exact) mass is 220 g/mol. The molecule has 0 aromatic carbocycles. The van der Waals surface area contributed by atoms with Crippen LogP contribution in [-0.4, -0.2) is 56.7 Å². The molecule has 7 nitrogen and oxygen atoms in total. The summed E-state index contributed by atoms with van der Waals surface area (Å²) in [7, 11) is 4.96. The van der Waals surface area contributed by atoms with Crippen LogP contribution in [0.2, 0.25) is 0 Å². The Balaban J connectivity index is 2.67. The number of hydroxylamine groups is 1. The summed E-state index contributed by atoms with van der Waals surface area (Å²) >= 11 is 0. The lowest BCUT2D eigenvalue weighted by molar-refractivity contribution is -0.431. The number of hydrogen-bond acceptors (Lipinski definition) is 4. The molecule has 0 amide bonds. The average molecular weight is 220 g/mol. The van der Waals surface area contributed by atoms with Crippen molar-refractivity contribution in [1.29, 1.82) is 0 Å². The summed E-state index contributed by atoms with van der Waals surface area (Å²) in [6.07, 6.45) is 1.64. The first kappa shape index (κ1) is 10.3. The van der Waals surface area contributed by atoms with E-state index in [0.29, 0.717) is 17.1 Å². The van der Waals surface area contributed by atoms with Crippen molar-refractivity contribution in [3.8, 4) is 0 Å². The van der Waals surface area contributed by atoms with Crippen LogP contribution in [0.15, 0.2) is 18.3 Å². The lowest BCUT2D eigenvalue weighted by Gasteiger charge is -2.14. The van der Waals surface area contributed by atoms with E-state index in [-0.39, 0.29) is 0 Å². The lowest BCUT2D eigenvalue weighted by Crippen LogP contribution is -2.36. The average Bonchev–Trinajstić information content (AvgIpc) is 2.61. The summed E-state index contributed by atoms with van der Waals surface area (Å²) in [6, 6.07) is 3.59. The van der Waals surface area contributed by atoms with Gasteiger partial charge in [0, 0.05) is 11.4 Å². The van der Waals surface area contributed by atoms with Gasteiger partial charge in [0.1, 0.15) is 0 Å². The topological polar surface area (TPSA) is 72.9 Å². The van der Waals surface area contributed by atoms with Gasteiger partial charge in [-0.05, 0) is 12.1 Å². The zero-order chi connectivity index (χ0) is 11.7. The van der Waals surface area contributed by atoms with E-state index in [2.05, 4.69) is 15.3 Å². The van der Waals surface area contributed by atoms with Gasteiger partial charge in [-0.1, -0.05) is 9.78 Å². The van der Waals surface area contributed by atoms with E-state index in [1.54, 1.807) is 31.3 Å². The largest absolute Gasteiger partial charge is 0.745 e. The van der Waals surface area contributed by atoms with E-state index >= 15 is 0 Å². The molecule has 0 spiro atoms. The van der Waals surface area contributed by atoms with E-state index in [9.17, 15) is 5.21 Å². The van der Waals surface area contributed by atoms with Crippen molar-refractivity contribution in [2.24, 2.45) is 0 Å². The molecule has 0 aliphatic carbocycles. The van der Waals surface area contributed by atoms with Crippen molar-refractivity contribution in [2.75, 3.05) is 21.1 Å². The highest BCUT2D eigenvalue weighted by atomic mass is 16.5. The number of nitrogens with zero attached hydrogens (tertiary/aromatic N) is 6. The Labute approximate surface area is 92.2 Å². The van der Waals surface area contributed by atoms with Gasteiger partial charge in [-0.2, -0.15) is 0 Å². The zero-order valence-corrected chi connectivity index (χ0v) is 9.32. The molecule has 16 heavy (non-hydrogen) atoms.